The van der Waals surface area contributed by atoms with Crippen LogP contribution < -0.4 is 4.74 Å². The summed E-state index contributed by atoms with van der Waals surface area (Å²) in [6.07, 6.45) is 1.13. The third kappa shape index (κ3) is 5.24. The first-order chi connectivity index (χ1) is 19.8. The third-order valence-corrected chi connectivity index (χ3v) is 15.0. The fraction of sp³-hybridized carbons (Fsp3) is 0.438. The Morgan fingerprint density at radius 2 is 1.71 bits per heavy atom. The second kappa shape index (κ2) is 11.3. The smallest absolute Gasteiger partial charge is 0.265 e. The van der Waals surface area contributed by atoms with Gasteiger partial charge in [-0.15, -0.1) is 0 Å². The lowest BCUT2D eigenvalue weighted by molar-refractivity contribution is -0.0388. The van der Waals surface area contributed by atoms with Crippen LogP contribution in [0.4, 0.5) is 0 Å². The fourth-order valence-corrected chi connectivity index (χ4v) is 8.42. The highest BCUT2D eigenvalue weighted by Gasteiger charge is 2.63. The van der Waals surface area contributed by atoms with E-state index in [0.717, 1.165) is 5.56 Å². The SMILES string of the molecule is CN(C)[C@H]1C2=CC[C@@H](S(=O)c3ccccc3)[C@@H](O[Si](C)(C)C(C)(C)C)[C@]2(O)C(=O)c2c(OCc3ccccc3)noc21. The van der Waals surface area contributed by atoms with Gasteiger partial charge in [0.1, 0.15) is 18.3 Å². The normalized spacial score (nSPS) is 25.0. The summed E-state index contributed by atoms with van der Waals surface area (Å²) in [5.74, 6) is -0.266. The van der Waals surface area contributed by atoms with Crippen LogP contribution in [0, 0.1) is 0 Å². The van der Waals surface area contributed by atoms with Crippen molar-refractivity contribution in [3.8, 4) is 5.88 Å². The van der Waals surface area contributed by atoms with Gasteiger partial charge in [0.2, 0.25) is 5.78 Å². The van der Waals surface area contributed by atoms with Gasteiger partial charge in [-0.25, -0.2) is 0 Å². The van der Waals surface area contributed by atoms with Gasteiger partial charge >= 0.3 is 0 Å². The van der Waals surface area contributed by atoms with Gasteiger partial charge in [-0.1, -0.05) is 75.4 Å². The van der Waals surface area contributed by atoms with Crippen LogP contribution in [0.2, 0.25) is 18.1 Å². The summed E-state index contributed by atoms with van der Waals surface area (Å²) in [5, 5.41) is 16.1. The molecule has 0 amide bonds. The Bertz CT molecular complexity index is 1500. The van der Waals surface area contributed by atoms with Gasteiger partial charge in [-0.3, -0.25) is 13.9 Å². The molecule has 2 aliphatic rings. The quantitative estimate of drug-likeness (QED) is 0.258. The summed E-state index contributed by atoms with van der Waals surface area (Å²) < 4.78 is 32.9. The van der Waals surface area contributed by atoms with Crippen molar-refractivity contribution in [1.29, 1.82) is 0 Å². The number of carbonyl (C=O) groups excluding carboxylic acids is 1. The molecule has 0 spiro atoms. The molecule has 1 heterocycles. The topological polar surface area (TPSA) is 102 Å². The number of likely N-dealkylation sites (N-methyl/N-ethyl adjacent to an activating group) is 1. The first kappa shape index (κ1) is 30.6. The third-order valence-electron chi connectivity index (χ3n) is 8.78. The molecule has 3 aromatic rings. The van der Waals surface area contributed by atoms with Gasteiger partial charge in [0.25, 0.3) is 5.88 Å². The van der Waals surface area contributed by atoms with E-state index in [-0.39, 0.29) is 23.1 Å². The van der Waals surface area contributed by atoms with Crippen molar-refractivity contribution in [2.75, 3.05) is 14.1 Å². The van der Waals surface area contributed by atoms with Crippen LogP contribution >= 0.6 is 0 Å². The Morgan fingerprint density at radius 1 is 1.10 bits per heavy atom. The number of ether oxygens (including phenoxy) is 1. The second-order valence-electron chi connectivity index (χ2n) is 12.8. The van der Waals surface area contributed by atoms with Crippen LogP contribution in [0.25, 0.3) is 0 Å². The van der Waals surface area contributed by atoms with Gasteiger partial charge in [0.15, 0.2) is 19.7 Å². The van der Waals surface area contributed by atoms with E-state index in [1.807, 2.05) is 85.7 Å². The van der Waals surface area contributed by atoms with Gasteiger partial charge < -0.3 is 18.8 Å². The van der Waals surface area contributed by atoms with Crippen LogP contribution in [0.1, 0.15) is 54.9 Å². The standard InChI is InChI=1S/C32H40N2O6SSi/c1-31(2,3)42(6,7)40-29-24(41(37)22-16-12-9-13-17-22)19-18-23-26(34(4)5)27-25(28(35)32(23,29)36)30(33-39-27)38-20-21-14-10-8-11-15-21/h8-18,24,26,29,36H,19-20H2,1-7H3/t24-,26+,29-,32-,41?/m1/s1. The minimum Gasteiger partial charge on any atom is -0.470 e. The zero-order valence-electron chi connectivity index (χ0n) is 25.3. The average Bonchev–Trinajstić information content (AvgIpc) is 3.37. The molecule has 2 aromatic carbocycles. The lowest BCUT2D eigenvalue weighted by Crippen LogP contribution is -2.65. The minimum atomic E-state index is -2.59. The predicted molar refractivity (Wildman–Crippen MR) is 164 cm³/mol. The average molecular weight is 609 g/mol. The highest BCUT2D eigenvalue weighted by Crippen LogP contribution is 2.52. The molecule has 0 saturated carbocycles. The van der Waals surface area contributed by atoms with Crippen LogP contribution in [0.3, 0.4) is 0 Å². The number of fused-ring (bicyclic) bond motifs is 2. The maximum atomic E-state index is 14.6. The molecule has 0 aliphatic heterocycles. The predicted octanol–water partition coefficient (Wildman–Crippen LogP) is 5.68. The number of benzene rings is 2. The Labute approximate surface area is 251 Å². The Morgan fingerprint density at radius 3 is 2.31 bits per heavy atom. The van der Waals surface area contributed by atoms with Crippen molar-refractivity contribution >= 4 is 24.9 Å². The molecule has 0 radical (unpaired) electrons. The second-order valence-corrected chi connectivity index (χ2v) is 19.2. The van der Waals surface area contributed by atoms with E-state index >= 15 is 0 Å². The number of Topliss-reactive ketones (excluding diaryl/α,β-unsaturated/α-hetero) is 1. The maximum absolute atomic E-state index is 14.6. The van der Waals surface area contributed by atoms with E-state index in [1.165, 1.54) is 0 Å². The first-order valence-electron chi connectivity index (χ1n) is 14.2. The molecule has 42 heavy (non-hydrogen) atoms. The molecular weight excluding hydrogens is 569 g/mol. The summed E-state index contributed by atoms with van der Waals surface area (Å²) in [7, 11) is -0.439. The number of rotatable bonds is 8. The molecular formula is C32H40N2O6SSi. The highest BCUT2D eigenvalue weighted by molar-refractivity contribution is 7.85. The number of aliphatic hydroxyl groups is 1. The Hall–Kier alpha value is -2.89. The summed E-state index contributed by atoms with van der Waals surface area (Å²) in [5.41, 5.74) is -0.655. The molecule has 0 bridgehead atoms. The van der Waals surface area contributed by atoms with Crippen LogP contribution in [-0.2, 0) is 21.8 Å². The number of hydrogen-bond acceptors (Lipinski definition) is 8. The summed E-state index contributed by atoms with van der Waals surface area (Å²) in [6.45, 7) is 10.6. The van der Waals surface area contributed by atoms with E-state index in [0.29, 0.717) is 22.6 Å². The zero-order chi connectivity index (χ0) is 30.4. The molecule has 224 valence electrons. The van der Waals surface area contributed by atoms with Crippen LogP contribution in [0.5, 0.6) is 5.88 Å². The van der Waals surface area contributed by atoms with Gasteiger partial charge in [-0.05, 0) is 67.1 Å². The van der Waals surface area contributed by atoms with Gasteiger partial charge in [-0.2, -0.15) is 0 Å². The lowest BCUT2D eigenvalue weighted by Gasteiger charge is -2.51. The molecule has 1 N–H and O–H groups in total. The summed E-state index contributed by atoms with van der Waals surface area (Å²) >= 11 is 0. The van der Waals surface area contributed by atoms with E-state index in [9.17, 15) is 14.1 Å². The van der Waals surface area contributed by atoms with Crippen LogP contribution in [-0.4, -0.2) is 64.5 Å². The molecule has 5 rings (SSSR count). The molecule has 2 aliphatic carbocycles. The lowest BCUT2D eigenvalue weighted by atomic mass is 9.68. The van der Waals surface area contributed by atoms with Gasteiger partial charge in [0, 0.05) is 4.90 Å². The monoisotopic (exact) mass is 608 g/mol. The van der Waals surface area contributed by atoms with Gasteiger partial charge in [0.05, 0.1) is 22.1 Å². The minimum absolute atomic E-state index is 0.0237. The molecule has 5 atom stereocenters. The van der Waals surface area contributed by atoms with Crippen molar-refractivity contribution in [3.05, 3.63) is 89.2 Å². The largest absolute Gasteiger partial charge is 0.470 e. The Balaban J connectivity index is 1.64. The van der Waals surface area contributed by atoms with Crippen molar-refractivity contribution < 1.29 is 27.8 Å². The van der Waals surface area contributed by atoms with E-state index < -0.39 is 47.9 Å². The van der Waals surface area contributed by atoms with Crippen molar-refractivity contribution in [2.45, 2.75) is 79.8 Å². The Kier molecular flexibility index (Phi) is 8.23. The maximum Gasteiger partial charge on any atom is 0.265 e. The molecule has 10 heteroatoms. The van der Waals surface area contributed by atoms with E-state index in [2.05, 4.69) is 39.0 Å². The number of nitrogens with zero attached hydrogens (tertiary/aromatic N) is 2. The molecule has 1 aromatic heterocycles. The number of ketones is 1. The fourth-order valence-electron chi connectivity index (χ4n) is 5.47. The molecule has 8 nitrogen and oxygen atoms in total. The highest BCUT2D eigenvalue weighted by atomic mass is 32.2. The molecule has 0 saturated heterocycles. The summed E-state index contributed by atoms with van der Waals surface area (Å²) in [6, 6.07) is 18.1. The van der Waals surface area contributed by atoms with Crippen LogP contribution in [0.15, 0.2) is 81.7 Å². The number of aromatic nitrogens is 1. The first-order valence-corrected chi connectivity index (χ1v) is 18.3. The number of hydrogen-bond donors (Lipinski definition) is 1. The van der Waals surface area contributed by atoms with E-state index in [1.54, 1.807) is 0 Å². The molecule has 0 fully saturated rings. The van der Waals surface area contributed by atoms with Crippen molar-refractivity contribution in [3.63, 3.8) is 0 Å². The van der Waals surface area contributed by atoms with Crippen molar-refractivity contribution in [1.82, 2.24) is 10.1 Å². The van der Waals surface area contributed by atoms with E-state index in [4.69, 9.17) is 13.7 Å². The zero-order valence-corrected chi connectivity index (χ0v) is 27.1. The molecule has 1 unspecified atom stereocenters. The van der Waals surface area contributed by atoms with Crippen molar-refractivity contribution in [2.24, 2.45) is 0 Å². The number of allylic oxidation sites excluding steroid dienone is 1. The number of carbonyl (C=O) groups is 1. The summed E-state index contributed by atoms with van der Waals surface area (Å²) in [4.78, 5) is 17.1.